The highest BCUT2D eigenvalue weighted by Gasteiger charge is 2.47. The highest BCUT2D eigenvalue weighted by atomic mass is 16.5. The van der Waals surface area contributed by atoms with Crippen LogP contribution in [0.25, 0.3) is 0 Å². The number of nitrogens with zero attached hydrogens (tertiary/aromatic N) is 2. The zero-order valence-electron chi connectivity index (χ0n) is 18.5. The number of aliphatic imine (C=N–C) groups is 1. The van der Waals surface area contributed by atoms with E-state index in [4.69, 9.17) is 10.5 Å². The SMILES string of the molecule is Cc1ccc2c(c1)OC(C)(C)CC2NC(=O)C1CC1CN1C(=O)CC(C)(C)N=C1N. The maximum Gasteiger partial charge on any atom is 0.231 e. The first-order chi connectivity index (χ1) is 13.9. The van der Waals surface area contributed by atoms with Crippen molar-refractivity contribution in [1.29, 1.82) is 0 Å². The van der Waals surface area contributed by atoms with E-state index in [0.717, 1.165) is 23.3 Å². The monoisotopic (exact) mass is 412 g/mol. The number of benzene rings is 1. The largest absolute Gasteiger partial charge is 0.487 e. The Balaban J connectivity index is 1.41. The first kappa shape index (κ1) is 20.7. The topological polar surface area (TPSA) is 97.0 Å². The second kappa shape index (κ2) is 7.00. The smallest absolute Gasteiger partial charge is 0.231 e. The Kier molecular flexibility index (Phi) is 4.83. The summed E-state index contributed by atoms with van der Waals surface area (Å²) in [5.74, 6) is 1.14. The lowest BCUT2D eigenvalue weighted by atomic mass is 9.89. The van der Waals surface area contributed by atoms with Gasteiger partial charge in [0.05, 0.1) is 18.0 Å². The highest BCUT2D eigenvalue weighted by molar-refractivity contribution is 5.99. The van der Waals surface area contributed by atoms with E-state index in [9.17, 15) is 9.59 Å². The molecule has 0 radical (unpaired) electrons. The van der Waals surface area contributed by atoms with Crippen molar-refractivity contribution in [2.24, 2.45) is 22.6 Å². The third kappa shape index (κ3) is 4.16. The Morgan fingerprint density at radius 3 is 2.77 bits per heavy atom. The molecule has 7 nitrogen and oxygen atoms in total. The molecule has 0 spiro atoms. The molecule has 3 aliphatic rings. The van der Waals surface area contributed by atoms with Crippen molar-refractivity contribution < 1.29 is 14.3 Å². The van der Waals surface area contributed by atoms with Gasteiger partial charge in [-0.25, -0.2) is 4.99 Å². The molecule has 1 aliphatic carbocycles. The summed E-state index contributed by atoms with van der Waals surface area (Å²) in [5.41, 5.74) is 7.38. The van der Waals surface area contributed by atoms with Crippen molar-refractivity contribution in [3.8, 4) is 5.75 Å². The summed E-state index contributed by atoms with van der Waals surface area (Å²) < 4.78 is 6.13. The van der Waals surface area contributed by atoms with Crippen LogP contribution in [0.5, 0.6) is 5.75 Å². The minimum Gasteiger partial charge on any atom is -0.487 e. The molecule has 0 bridgehead atoms. The van der Waals surface area contributed by atoms with Gasteiger partial charge in [0.25, 0.3) is 0 Å². The van der Waals surface area contributed by atoms with Crippen molar-refractivity contribution in [2.45, 2.75) is 71.1 Å². The highest BCUT2D eigenvalue weighted by Crippen LogP contribution is 2.43. The van der Waals surface area contributed by atoms with Gasteiger partial charge in [0, 0.05) is 24.4 Å². The van der Waals surface area contributed by atoms with E-state index >= 15 is 0 Å². The molecule has 3 N–H and O–H groups in total. The minimum absolute atomic E-state index is 0.0194. The molecule has 30 heavy (non-hydrogen) atoms. The van der Waals surface area contributed by atoms with Crippen molar-refractivity contribution >= 4 is 17.8 Å². The lowest BCUT2D eigenvalue weighted by Crippen LogP contribution is -2.50. The number of hydrogen-bond acceptors (Lipinski definition) is 5. The first-order valence-corrected chi connectivity index (χ1v) is 10.7. The van der Waals surface area contributed by atoms with E-state index in [1.807, 2.05) is 52.8 Å². The lowest BCUT2D eigenvalue weighted by Gasteiger charge is -2.38. The number of aryl methyl sites for hydroxylation is 1. The van der Waals surface area contributed by atoms with Crippen molar-refractivity contribution in [3.63, 3.8) is 0 Å². The molecule has 4 rings (SSSR count). The van der Waals surface area contributed by atoms with Crippen LogP contribution < -0.4 is 15.8 Å². The predicted octanol–water partition coefficient (Wildman–Crippen LogP) is 2.68. The van der Waals surface area contributed by atoms with Crippen molar-refractivity contribution in [3.05, 3.63) is 29.3 Å². The van der Waals surface area contributed by atoms with Crippen LogP contribution in [-0.4, -0.2) is 40.4 Å². The fourth-order valence-corrected chi connectivity index (χ4v) is 4.57. The van der Waals surface area contributed by atoms with Gasteiger partial charge in [-0.2, -0.15) is 0 Å². The van der Waals surface area contributed by atoms with Gasteiger partial charge in [-0.1, -0.05) is 12.1 Å². The van der Waals surface area contributed by atoms with Gasteiger partial charge in [-0.15, -0.1) is 0 Å². The molecule has 2 aliphatic heterocycles. The zero-order chi connectivity index (χ0) is 21.8. The number of hydrogen-bond donors (Lipinski definition) is 2. The van der Waals surface area contributed by atoms with Crippen LogP contribution >= 0.6 is 0 Å². The summed E-state index contributed by atoms with van der Waals surface area (Å²) in [5, 5.41) is 3.23. The van der Waals surface area contributed by atoms with Crippen molar-refractivity contribution in [2.75, 3.05) is 6.54 Å². The molecule has 7 heteroatoms. The third-order valence-electron chi connectivity index (χ3n) is 6.20. The molecule has 3 unspecified atom stereocenters. The van der Waals surface area contributed by atoms with Gasteiger partial charge in [0.15, 0.2) is 5.96 Å². The second-order valence-corrected chi connectivity index (χ2v) is 10.2. The van der Waals surface area contributed by atoms with Crippen LogP contribution in [0.1, 0.15) is 64.1 Å². The summed E-state index contributed by atoms with van der Waals surface area (Å²) in [4.78, 5) is 31.4. The molecule has 162 valence electrons. The van der Waals surface area contributed by atoms with Crippen LogP contribution in [0.2, 0.25) is 0 Å². The van der Waals surface area contributed by atoms with Gasteiger partial charge in [0.1, 0.15) is 11.4 Å². The minimum atomic E-state index is -0.459. The Hall–Kier alpha value is -2.57. The van der Waals surface area contributed by atoms with Gasteiger partial charge in [-0.05, 0) is 58.6 Å². The molecular formula is C23H32N4O3. The van der Waals surface area contributed by atoms with Gasteiger partial charge in [-0.3, -0.25) is 14.5 Å². The number of ether oxygens (including phenoxy) is 1. The van der Waals surface area contributed by atoms with Crippen molar-refractivity contribution in [1.82, 2.24) is 10.2 Å². The third-order valence-corrected chi connectivity index (χ3v) is 6.20. The molecule has 3 atom stereocenters. The van der Waals surface area contributed by atoms with E-state index in [-0.39, 0.29) is 41.3 Å². The number of carbonyl (C=O) groups is 2. The molecule has 2 heterocycles. The van der Waals surface area contributed by atoms with Gasteiger partial charge < -0.3 is 15.8 Å². The second-order valence-electron chi connectivity index (χ2n) is 10.2. The molecular weight excluding hydrogens is 380 g/mol. The quantitative estimate of drug-likeness (QED) is 0.794. The number of fused-ring (bicyclic) bond motifs is 1. The predicted molar refractivity (Wildman–Crippen MR) is 115 cm³/mol. The number of rotatable bonds is 4. The van der Waals surface area contributed by atoms with E-state index in [2.05, 4.69) is 10.3 Å². The lowest BCUT2D eigenvalue weighted by molar-refractivity contribution is -0.130. The molecule has 1 aromatic carbocycles. The molecule has 1 saturated carbocycles. The Labute approximate surface area is 178 Å². The van der Waals surface area contributed by atoms with E-state index in [1.54, 1.807) is 4.90 Å². The normalized spacial score (nSPS) is 28.8. The number of amides is 2. The van der Waals surface area contributed by atoms with Crippen LogP contribution in [0.15, 0.2) is 23.2 Å². The van der Waals surface area contributed by atoms with E-state index < -0.39 is 5.54 Å². The average Bonchev–Trinajstić information content (AvgIpc) is 3.35. The number of carbonyl (C=O) groups excluding carboxylic acids is 2. The summed E-state index contributed by atoms with van der Waals surface area (Å²) in [6.07, 6.45) is 1.82. The first-order valence-electron chi connectivity index (χ1n) is 10.7. The van der Waals surface area contributed by atoms with E-state index in [1.165, 1.54) is 0 Å². The van der Waals surface area contributed by atoms with Gasteiger partial charge >= 0.3 is 0 Å². The molecule has 2 amide bonds. The molecule has 1 aromatic rings. The van der Waals surface area contributed by atoms with Crippen LogP contribution in [0, 0.1) is 18.8 Å². The molecule has 0 saturated heterocycles. The summed E-state index contributed by atoms with van der Waals surface area (Å²) >= 11 is 0. The van der Waals surface area contributed by atoms with Crippen LogP contribution in [0.3, 0.4) is 0 Å². The fraction of sp³-hybridized carbons (Fsp3) is 0.609. The standard InChI is InChI=1S/C23H32N4O3/c1-13-6-7-15-17(10-23(4,5)30-18(15)8-13)25-20(29)16-9-14(16)12-27-19(28)11-22(2,3)26-21(27)24/h6-8,14,16-17H,9-12H2,1-5H3,(H2,24,26)(H,25,29). The molecule has 0 aromatic heterocycles. The Bertz CT molecular complexity index is 921. The summed E-state index contributed by atoms with van der Waals surface area (Å²) in [7, 11) is 0. The Morgan fingerprint density at radius 1 is 1.33 bits per heavy atom. The van der Waals surface area contributed by atoms with Crippen LogP contribution in [-0.2, 0) is 9.59 Å². The average molecular weight is 413 g/mol. The fourth-order valence-electron chi connectivity index (χ4n) is 4.57. The van der Waals surface area contributed by atoms with Gasteiger partial charge in [0.2, 0.25) is 11.8 Å². The summed E-state index contributed by atoms with van der Waals surface area (Å²) in [6, 6.07) is 6.04. The van der Waals surface area contributed by atoms with E-state index in [0.29, 0.717) is 19.4 Å². The number of guanidine groups is 1. The summed E-state index contributed by atoms with van der Waals surface area (Å²) in [6.45, 7) is 10.4. The Morgan fingerprint density at radius 2 is 2.07 bits per heavy atom. The maximum absolute atomic E-state index is 13.0. The number of nitrogens with one attached hydrogen (secondary N) is 1. The number of nitrogens with two attached hydrogens (primary N) is 1. The zero-order valence-corrected chi connectivity index (χ0v) is 18.5. The van der Waals surface area contributed by atoms with Crippen LogP contribution in [0.4, 0.5) is 0 Å². The maximum atomic E-state index is 13.0. The molecule has 1 fully saturated rings.